The second-order valence-electron chi connectivity index (χ2n) is 6.28. The number of carboxylic acid groups (broad SMARTS) is 1. The van der Waals surface area contributed by atoms with Gasteiger partial charge < -0.3 is 9.84 Å². The van der Waals surface area contributed by atoms with E-state index in [0.717, 1.165) is 31.7 Å². The van der Waals surface area contributed by atoms with Crippen LogP contribution in [0.3, 0.4) is 0 Å². The summed E-state index contributed by atoms with van der Waals surface area (Å²) in [5, 5.41) is 9.01. The van der Waals surface area contributed by atoms with Gasteiger partial charge in [0.15, 0.2) is 0 Å². The summed E-state index contributed by atoms with van der Waals surface area (Å²) in [6.45, 7) is 7.74. The number of carboxylic acids is 1. The molecule has 0 aromatic heterocycles. The standard InChI is InChI=1S/C16H23NO3/c1-16(2,3)17(11-15(18)19)8-6-12-4-5-14-13(10-12)7-9-20-14/h4-5,10H,6-9,11H2,1-3H3,(H,18,19). The topological polar surface area (TPSA) is 49.8 Å². The second kappa shape index (κ2) is 5.83. The maximum atomic E-state index is 11.0. The maximum Gasteiger partial charge on any atom is 0.317 e. The fraction of sp³-hybridized carbons (Fsp3) is 0.562. The minimum absolute atomic E-state index is 0.0809. The van der Waals surface area contributed by atoms with Crippen LogP contribution in [0, 0.1) is 0 Å². The van der Waals surface area contributed by atoms with Gasteiger partial charge in [-0.1, -0.05) is 12.1 Å². The van der Waals surface area contributed by atoms with E-state index < -0.39 is 5.97 Å². The Morgan fingerprint density at radius 1 is 1.40 bits per heavy atom. The van der Waals surface area contributed by atoms with Crippen molar-refractivity contribution in [2.24, 2.45) is 0 Å². The summed E-state index contributed by atoms with van der Waals surface area (Å²) >= 11 is 0. The highest BCUT2D eigenvalue weighted by Gasteiger charge is 2.23. The van der Waals surface area contributed by atoms with E-state index in [1.54, 1.807) is 0 Å². The summed E-state index contributed by atoms with van der Waals surface area (Å²) < 4.78 is 5.50. The van der Waals surface area contributed by atoms with Gasteiger partial charge in [-0.3, -0.25) is 9.69 Å². The van der Waals surface area contributed by atoms with Crippen LogP contribution in [0.25, 0.3) is 0 Å². The fourth-order valence-corrected chi connectivity index (χ4v) is 2.47. The average Bonchev–Trinajstić information content (AvgIpc) is 2.79. The zero-order chi connectivity index (χ0) is 14.8. The van der Waals surface area contributed by atoms with Crippen molar-refractivity contribution in [3.05, 3.63) is 29.3 Å². The molecule has 0 spiro atoms. The van der Waals surface area contributed by atoms with Crippen molar-refractivity contribution in [2.45, 2.75) is 39.2 Å². The predicted octanol–water partition coefficient (Wildman–Crippen LogP) is 2.35. The number of rotatable bonds is 5. The van der Waals surface area contributed by atoms with Gasteiger partial charge in [-0.05, 0) is 44.4 Å². The minimum Gasteiger partial charge on any atom is -0.493 e. The molecule has 0 radical (unpaired) electrons. The first-order valence-electron chi connectivity index (χ1n) is 7.08. The lowest BCUT2D eigenvalue weighted by Crippen LogP contribution is -2.45. The molecule has 20 heavy (non-hydrogen) atoms. The molecule has 110 valence electrons. The Balaban J connectivity index is 2.00. The molecule has 0 bridgehead atoms. The molecule has 4 nitrogen and oxygen atoms in total. The average molecular weight is 277 g/mol. The molecule has 0 fully saturated rings. The normalized spacial score (nSPS) is 14.2. The van der Waals surface area contributed by atoms with Gasteiger partial charge in [-0.15, -0.1) is 0 Å². The lowest BCUT2D eigenvalue weighted by atomic mass is 10.0. The van der Waals surface area contributed by atoms with Gasteiger partial charge in [0.1, 0.15) is 5.75 Å². The molecule has 1 aromatic rings. The molecule has 0 saturated heterocycles. The summed E-state index contributed by atoms with van der Waals surface area (Å²) in [7, 11) is 0. The molecule has 1 aliphatic rings. The van der Waals surface area contributed by atoms with Gasteiger partial charge in [0.05, 0.1) is 13.2 Å². The summed E-state index contributed by atoms with van der Waals surface area (Å²) in [5.74, 6) is 0.217. The summed E-state index contributed by atoms with van der Waals surface area (Å²) in [6, 6.07) is 6.28. The van der Waals surface area contributed by atoms with Gasteiger partial charge >= 0.3 is 5.97 Å². The molecule has 0 saturated carbocycles. The van der Waals surface area contributed by atoms with E-state index >= 15 is 0 Å². The number of hydrogen-bond donors (Lipinski definition) is 1. The van der Waals surface area contributed by atoms with Crippen molar-refractivity contribution < 1.29 is 14.6 Å². The Labute approximate surface area is 120 Å². The molecule has 0 aliphatic carbocycles. The number of aliphatic carboxylic acids is 1. The van der Waals surface area contributed by atoms with E-state index in [1.165, 1.54) is 11.1 Å². The fourth-order valence-electron chi connectivity index (χ4n) is 2.47. The van der Waals surface area contributed by atoms with Gasteiger partial charge in [0.2, 0.25) is 0 Å². The number of hydrogen-bond acceptors (Lipinski definition) is 3. The van der Waals surface area contributed by atoms with Crippen LogP contribution in [0.15, 0.2) is 18.2 Å². The van der Waals surface area contributed by atoms with E-state index in [9.17, 15) is 4.79 Å². The summed E-state index contributed by atoms with van der Waals surface area (Å²) in [5.41, 5.74) is 2.37. The van der Waals surface area contributed by atoms with E-state index in [0.29, 0.717) is 0 Å². The maximum absolute atomic E-state index is 11.0. The second-order valence-corrected chi connectivity index (χ2v) is 6.28. The first kappa shape index (κ1) is 14.9. The molecule has 1 aromatic carbocycles. The number of ether oxygens (including phenoxy) is 1. The van der Waals surface area contributed by atoms with Crippen LogP contribution < -0.4 is 4.74 Å². The molecule has 1 aliphatic heterocycles. The third-order valence-electron chi connectivity index (χ3n) is 3.70. The third kappa shape index (κ3) is 3.73. The number of benzene rings is 1. The molecule has 0 amide bonds. The largest absolute Gasteiger partial charge is 0.493 e. The third-order valence-corrected chi connectivity index (χ3v) is 3.70. The molecule has 4 heteroatoms. The Hall–Kier alpha value is -1.55. The predicted molar refractivity (Wildman–Crippen MR) is 78.3 cm³/mol. The first-order chi connectivity index (χ1) is 9.36. The molecule has 0 atom stereocenters. The molecule has 0 unspecified atom stereocenters. The Morgan fingerprint density at radius 2 is 2.15 bits per heavy atom. The van der Waals surface area contributed by atoms with Crippen molar-refractivity contribution in [3.63, 3.8) is 0 Å². The van der Waals surface area contributed by atoms with E-state index in [1.807, 2.05) is 31.7 Å². The number of nitrogens with zero attached hydrogens (tertiary/aromatic N) is 1. The highest BCUT2D eigenvalue weighted by molar-refractivity contribution is 5.69. The van der Waals surface area contributed by atoms with Gasteiger partial charge in [0, 0.05) is 18.5 Å². The Morgan fingerprint density at radius 3 is 2.80 bits per heavy atom. The van der Waals surface area contributed by atoms with Gasteiger partial charge in [-0.25, -0.2) is 0 Å². The first-order valence-corrected chi connectivity index (χ1v) is 7.08. The zero-order valence-electron chi connectivity index (χ0n) is 12.5. The highest BCUT2D eigenvalue weighted by atomic mass is 16.5. The molecular formula is C16H23NO3. The van der Waals surface area contributed by atoms with Crippen LogP contribution in [0.1, 0.15) is 31.9 Å². The van der Waals surface area contributed by atoms with Crippen molar-refractivity contribution in [1.29, 1.82) is 0 Å². The van der Waals surface area contributed by atoms with Crippen LogP contribution in [-0.2, 0) is 17.6 Å². The van der Waals surface area contributed by atoms with Crippen LogP contribution in [0.4, 0.5) is 0 Å². The van der Waals surface area contributed by atoms with Crippen LogP contribution in [0.2, 0.25) is 0 Å². The summed E-state index contributed by atoms with van der Waals surface area (Å²) in [4.78, 5) is 13.0. The molecule has 1 heterocycles. The lowest BCUT2D eigenvalue weighted by Gasteiger charge is -2.34. The van der Waals surface area contributed by atoms with E-state index in [2.05, 4.69) is 12.1 Å². The number of carbonyl (C=O) groups is 1. The van der Waals surface area contributed by atoms with E-state index in [-0.39, 0.29) is 12.1 Å². The van der Waals surface area contributed by atoms with Crippen LogP contribution in [-0.4, -0.2) is 41.2 Å². The van der Waals surface area contributed by atoms with Crippen molar-refractivity contribution in [3.8, 4) is 5.75 Å². The van der Waals surface area contributed by atoms with Gasteiger partial charge in [-0.2, -0.15) is 0 Å². The molecule has 1 N–H and O–H groups in total. The van der Waals surface area contributed by atoms with Crippen molar-refractivity contribution in [2.75, 3.05) is 19.7 Å². The van der Waals surface area contributed by atoms with Crippen LogP contribution in [0.5, 0.6) is 5.75 Å². The van der Waals surface area contributed by atoms with Crippen molar-refractivity contribution in [1.82, 2.24) is 4.90 Å². The zero-order valence-corrected chi connectivity index (χ0v) is 12.5. The minimum atomic E-state index is -0.776. The quantitative estimate of drug-likeness (QED) is 0.897. The van der Waals surface area contributed by atoms with Crippen LogP contribution >= 0.6 is 0 Å². The SMILES string of the molecule is CC(C)(C)N(CCc1ccc2c(c1)CCO2)CC(=O)O. The highest BCUT2D eigenvalue weighted by Crippen LogP contribution is 2.26. The molecule has 2 rings (SSSR count). The molecular weight excluding hydrogens is 254 g/mol. The summed E-state index contributed by atoms with van der Waals surface area (Å²) in [6.07, 6.45) is 1.83. The number of fused-ring (bicyclic) bond motifs is 1. The van der Waals surface area contributed by atoms with Gasteiger partial charge in [0.25, 0.3) is 0 Å². The monoisotopic (exact) mass is 277 g/mol. The Bertz CT molecular complexity index is 491. The Kier molecular flexibility index (Phi) is 4.33. The van der Waals surface area contributed by atoms with E-state index in [4.69, 9.17) is 9.84 Å². The van der Waals surface area contributed by atoms with Crippen molar-refractivity contribution >= 4 is 5.97 Å². The smallest absolute Gasteiger partial charge is 0.317 e. The lowest BCUT2D eigenvalue weighted by molar-refractivity contribution is -0.139.